The minimum atomic E-state index is 0.672. The number of ether oxygens (including phenoxy) is 1. The topological polar surface area (TPSA) is 48.1 Å². The van der Waals surface area contributed by atoms with Crippen LogP contribution in [0, 0.1) is 0 Å². The van der Waals surface area contributed by atoms with Crippen LogP contribution in [-0.2, 0) is 6.42 Å². The number of nitrogen functional groups attached to an aromatic ring is 1. The van der Waals surface area contributed by atoms with Gasteiger partial charge in [0.2, 0.25) is 0 Å². The summed E-state index contributed by atoms with van der Waals surface area (Å²) < 4.78 is 5.36. The van der Waals surface area contributed by atoms with Gasteiger partial charge in [-0.25, -0.2) is 0 Å². The number of hydrogen-bond acceptors (Lipinski definition) is 3. The van der Waals surface area contributed by atoms with Crippen LogP contribution in [0.5, 0.6) is 5.75 Å². The molecule has 1 aromatic heterocycles. The summed E-state index contributed by atoms with van der Waals surface area (Å²) in [6, 6.07) is 1.83. The zero-order valence-corrected chi connectivity index (χ0v) is 6.21. The standard InChI is InChI=1S/C8H10N2O/c9-6-4-8-7(10-5-6)2-1-3-11-8/h4-5H,1-3,9H2. The van der Waals surface area contributed by atoms with Gasteiger partial charge in [0.15, 0.2) is 0 Å². The van der Waals surface area contributed by atoms with E-state index in [9.17, 15) is 0 Å². The average Bonchev–Trinajstić information content (AvgIpc) is 2.04. The first-order chi connectivity index (χ1) is 5.36. The highest BCUT2D eigenvalue weighted by atomic mass is 16.5. The second kappa shape index (κ2) is 2.42. The molecule has 0 aliphatic carbocycles. The summed E-state index contributed by atoms with van der Waals surface area (Å²) in [6.45, 7) is 0.790. The van der Waals surface area contributed by atoms with E-state index in [4.69, 9.17) is 10.5 Å². The molecular formula is C8H10N2O. The lowest BCUT2D eigenvalue weighted by Crippen LogP contribution is -2.10. The summed E-state index contributed by atoms with van der Waals surface area (Å²) in [7, 11) is 0. The van der Waals surface area contributed by atoms with Crippen LogP contribution in [0.25, 0.3) is 0 Å². The van der Waals surface area contributed by atoms with Gasteiger partial charge in [-0.05, 0) is 12.8 Å². The Morgan fingerprint density at radius 1 is 1.55 bits per heavy atom. The molecular weight excluding hydrogens is 140 g/mol. The van der Waals surface area contributed by atoms with Gasteiger partial charge in [0.25, 0.3) is 0 Å². The van der Waals surface area contributed by atoms with Crippen molar-refractivity contribution in [1.82, 2.24) is 4.98 Å². The normalized spacial score (nSPS) is 15.3. The highest BCUT2D eigenvalue weighted by Crippen LogP contribution is 2.23. The smallest absolute Gasteiger partial charge is 0.142 e. The van der Waals surface area contributed by atoms with E-state index < -0.39 is 0 Å². The summed E-state index contributed by atoms with van der Waals surface area (Å²) in [6.07, 6.45) is 3.74. The second-order valence-electron chi connectivity index (χ2n) is 2.67. The Balaban J connectivity index is 2.43. The van der Waals surface area contributed by atoms with Gasteiger partial charge in [-0.3, -0.25) is 4.98 Å². The van der Waals surface area contributed by atoms with Gasteiger partial charge in [-0.2, -0.15) is 0 Å². The molecule has 11 heavy (non-hydrogen) atoms. The van der Waals surface area contributed by atoms with Crippen LogP contribution in [0.4, 0.5) is 5.69 Å². The van der Waals surface area contributed by atoms with Gasteiger partial charge in [0, 0.05) is 6.07 Å². The lowest BCUT2D eigenvalue weighted by atomic mass is 10.1. The van der Waals surface area contributed by atoms with Gasteiger partial charge in [-0.15, -0.1) is 0 Å². The maximum Gasteiger partial charge on any atom is 0.142 e. The number of pyridine rings is 1. The fourth-order valence-corrected chi connectivity index (χ4v) is 1.22. The second-order valence-corrected chi connectivity index (χ2v) is 2.67. The number of nitrogens with two attached hydrogens (primary N) is 1. The van der Waals surface area contributed by atoms with E-state index in [1.54, 1.807) is 6.20 Å². The SMILES string of the molecule is Nc1cnc2c(c1)OCCC2. The summed E-state index contributed by atoms with van der Waals surface area (Å²) >= 11 is 0. The summed E-state index contributed by atoms with van der Waals surface area (Å²) in [4.78, 5) is 4.17. The van der Waals surface area contributed by atoms with E-state index in [0.717, 1.165) is 30.9 Å². The van der Waals surface area contributed by atoms with Gasteiger partial charge in [-0.1, -0.05) is 0 Å². The molecule has 0 unspecified atom stereocenters. The predicted molar refractivity (Wildman–Crippen MR) is 42.5 cm³/mol. The first-order valence-corrected chi connectivity index (χ1v) is 3.73. The van der Waals surface area contributed by atoms with Crippen LogP contribution in [0.2, 0.25) is 0 Å². The van der Waals surface area contributed by atoms with E-state index in [2.05, 4.69) is 4.98 Å². The minimum absolute atomic E-state index is 0.672. The number of aromatic nitrogens is 1. The zero-order valence-electron chi connectivity index (χ0n) is 6.21. The Hall–Kier alpha value is -1.25. The van der Waals surface area contributed by atoms with E-state index in [0.29, 0.717) is 5.69 Å². The van der Waals surface area contributed by atoms with Crippen molar-refractivity contribution in [2.24, 2.45) is 0 Å². The van der Waals surface area contributed by atoms with Crippen LogP contribution in [-0.4, -0.2) is 11.6 Å². The molecule has 0 aromatic carbocycles. The van der Waals surface area contributed by atoms with Gasteiger partial charge in [0.1, 0.15) is 5.75 Å². The predicted octanol–water partition coefficient (Wildman–Crippen LogP) is 0.989. The summed E-state index contributed by atoms with van der Waals surface area (Å²) in [5.74, 6) is 0.858. The van der Waals surface area contributed by atoms with Crippen molar-refractivity contribution in [2.75, 3.05) is 12.3 Å². The Bertz CT molecular complexity index is 273. The largest absolute Gasteiger partial charge is 0.492 e. The highest BCUT2D eigenvalue weighted by Gasteiger charge is 2.10. The molecule has 2 heterocycles. The molecule has 3 heteroatoms. The van der Waals surface area contributed by atoms with Gasteiger partial charge in [0.05, 0.1) is 24.2 Å². The molecule has 1 aliphatic heterocycles. The molecule has 0 spiro atoms. The highest BCUT2D eigenvalue weighted by molar-refractivity contribution is 5.44. The molecule has 0 saturated carbocycles. The number of nitrogens with zero attached hydrogens (tertiary/aromatic N) is 1. The van der Waals surface area contributed by atoms with Crippen molar-refractivity contribution in [3.8, 4) is 5.75 Å². The van der Waals surface area contributed by atoms with E-state index in [-0.39, 0.29) is 0 Å². The first-order valence-electron chi connectivity index (χ1n) is 3.73. The van der Waals surface area contributed by atoms with Crippen molar-refractivity contribution < 1.29 is 4.74 Å². The number of rotatable bonds is 0. The van der Waals surface area contributed by atoms with E-state index in [1.807, 2.05) is 6.07 Å². The van der Waals surface area contributed by atoms with Crippen LogP contribution in [0.3, 0.4) is 0 Å². The molecule has 2 rings (SSSR count). The minimum Gasteiger partial charge on any atom is -0.492 e. The van der Waals surface area contributed by atoms with Gasteiger partial charge < -0.3 is 10.5 Å². The van der Waals surface area contributed by atoms with Crippen molar-refractivity contribution >= 4 is 5.69 Å². The number of anilines is 1. The first kappa shape index (κ1) is 6.46. The molecule has 0 fully saturated rings. The third kappa shape index (κ3) is 1.13. The molecule has 0 radical (unpaired) electrons. The Labute approximate surface area is 65.2 Å². The molecule has 58 valence electrons. The van der Waals surface area contributed by atoms with Crippen LogP contribution >= 0.6 is 0 Å². The molecule has 2 N–H and O–H groups in total. The third-order valence-electron chi connectivity index (χ3n) is 1.77. The maximum atomic E-state index is 5.54. The van der Waals surface area contributed by atoms with Crippen molar-refractivity contribution in [3.63, 3.8) is 0 Å². The molecule has 0 amide bonds. The Morgan fingerprint density at radius 2 is 2.45 bits per heavy atom. The van der Waals surface area contributed by atoms with E-state index >= 15 is 0 Å². The van der Waals surface area contributed by atoms with Gasteiger partial charge >= 0.3 is 0 Å². The Morgan fingerprint density at radius 3 is 3.36 bits per heavy atom. The van der Waals surface area contributed by atoms with Crippen LogP contribution in [0.1, 0.15) is 12.1 Å². The quantitative estimate of drug-likeness (QED) is 0.600. The van der Waals surface area contributed by atoms with Crippen molar-refractivity contribution in [1.29, 1.82) is 0 Å². The lowest BCUT2D eigenvalue weighted by Gasteiger charge is -2.15. The third-order valence-corrected chi connectivity index (χ3v) is 1.77. The monoisotopic (exact) mass is 150 g/mol. The molecule has 1 aliphatic rings. The van der Waals surface area contributed by atoms with Crippen LogP contribution in [0.15, 0.2) is 12.3 Å². The van der Waals surface area contributed by atoms with Crippen LogP contribution < -0.4 is 10.5 Å². The maximum absolute atomic E-state index is 5.54. The zero-order chi connectivity index (χ0) is 7.68. The number of aryl methyl sites for hydroxylation is 1. The molecule has 0 bridgehead atoms. The molecule has 1 aromatic rings. The summed E-state index contributed by atoms with van der Waals surface area (Å²) in [5, 5.41) is 0. The lowest BCUT2D eigenvalue weighted by molar-refractivity contribution is 0.285. The fraction of sp³-hybridized carbons (Fsp3) is 0.375. The molecule has 3 nitrogen and oxygen atoms in total. The fourth-order valence-electron chi connectivity index (χ4n) is 1.22. The number of hydrogen-bond donors (Lipinski definition) is 1. The Kier molecular flexibility index (Phi) is 1.42. The number of fused-ring (bicyclic) bond motifs is 1. The molecule has 0 saturated heterocycles. The summed E-state index contributed by atoms with van der Waals surface area (Å²) in [5.41, 5.74) is 7.24. The van der Waals surface area contributed by atoms with E-state index in [1.165, 1.54) is 0 Å². The van der Waals surface area contributed by atoms with Crippen molar-refractivity contribution in [3.05, 3.63) is 18.0 Å². The van der Waals surface area contributed by atoms with Crippen molar-refractivity contribution in [2.45, 2.75) is 12.8 Å². The molecule has 0 atom stereocenters. The average molecular weight is 150 g/mol.